The van der Waals surface area contributed by atoms with Crippen molar-refractivity contribution in [3.63, 3.8) is 0 Å². The maximum atomic E-state index is 12.8. The molecule has 4 N–H and O–H groups in total. The predicted octanol–water partition coefficient (Wildman–Crippen LogP) is 3.90. The molecule has 1 fully saturated rings. The van der Waals surface area contributed by atoms with Gasteiger partial charge in [0.1, 0.15) is 5.69 Å². The normalized spacial score (nSPS) is 15.3. The Labute approximate surface area is 177 Å². The number of hydrogen-bond acceptors (Lipinski definition) is 6. The number of aliphatic hydroxyl groups is 1. The van der Waals surface area contributed by atoms with Gasteiger partial charge in [-0.1, -0.05) is 25.3 Å². The fourth-order valence-corrected chi connectivity index (χ4v) is 3.61. The number of nitrogens with zero attached hydrogens (tertiary/aromatic N) is 2. The van der Waals surface area contributed by atoms with E-state index in [4.69, 9.17) is 15.5 Å². The fourth-order valence-electron chi connectivity index (χ4n) is 3.61. The number of nitrogens with two attached hydrogens (primary N) is 1. The van der Waals surface area contributed by atoms with E-state index < -0.39 is 11.5 Å². The molecule has 1 heterocycles. The van der Waals surface area contributed by atoms with Gasteiger partial charge in [-0.25, -0.2) is 4.98 Å². The average molecular weight is 411 g/mol. The number of nitrogens with one attached hydrogen (secondary N) is 1. The highest BCUT2D eigenvalue weighted by Crippen LogP contribution is 2.32. The second-order valence-corrected chi connectivity index (χ2v) is 8.18. The predicted molar refractivity (Wildman–Crippen MR) is 119 cm³/mol. The van der Waals surface area contributed by atoms with Crippen LogP contribution in [0.3, 0.4) is 0 Å². The summed E-state index contributed by atoms with van der Waals surface area (Å²) in [5.41, 5.74) is 7.46. The van der Waals surface area contributed by atoms with Crippen molar-refractivity contribution in [3.05, 3.63) is 47.2 Å². The van der Waals surface area contributed by atoms with Crippen LogP contribution in [-0.4, -0.2) is 35.4 Å². The van der Waals surface area contributed by atoms with E-state index in [9.17, 15) is 9.90 Å². The molecule has 0 atom stereocenters. The van der Waals surface area contributed by atoms with Crippen LogP contribution in [0, 0.1) is 0 Å². The number of nitrogen functional groups attached to an aromatic ring is 1. The third kappa shape index (κ3) is 5.36. The summed E-state index contributed by atoms with van der Waals surface area (Å²) >= 11 is 0. The average Bonchev–Trinajstić information content (AvgIpc) is 2.73. The molecule has 2 aromatic rings. The van der Waals surface area contributed by atoms with E-state index in [0.717, 1.165) is 12.8 Å². The minimum Gasteiger partial charge on any atom is -0.481 e. The molecule has 7 heteroatoms. The van der Waals surface area contributed by atoms with Gasteiger partial charge >= 0.3 is 0 Å². The van der Waals surface area contributed by atoms with Crippen LogP contribution in [-0.2, 0) is 5.60 Å². The molecule has 1 aliphatic carbocycles. The van der Waals surface area contributed by atoms with Crippen LogP contribution in [0.5, 0.6) is 5.88 Å². The lowest BCUT2D eigenvalue weighted by atomic mass is 9.93. The van der Waals surface area contributed by atoms with Gasteiger partial charge in [0.2, 0.25) is 5.88 Å². The SMILES string of the molecule is COc1cccc(C(=O)Nc2cc(C=NC3CCCCC3)c(N)cc2C(C)(C)O)n1. The summed E-state index contributed by atoms with van der Waals surface area (Å²) in [4.78, 5) is 21.7. The Morgan fingerprint density at radius 3 is 2.70 bits per heavy atom. The van der Waals surface area contributed by atoms with Crippen molar-refractivity contribution in [2.24, 2.45) is 4.99 Å². The monoisotopic (exact) mass is 410 g/mol. The van der Waals surface area contributed by atoms with Crippen LogP contribution in [0.2, 0.25) is 0 Å². The van der Waals surface area contributed by atoms with Crippen molar-refractivity contribution in [1.82, 2.24) is 4.98 Å². The van der Waals surface area contributed by atoms with Crippen molar-refractivity contribution < 1.29 is 14.6 Å². The highest BCUT2D eigenvalue weighted by atomic mass is 16.5. The first kappa shape index (κ1) is 21.8. The highest BCUT2D eigenvalue weighted by molar-refractivity contribution is 6.04. The van der Waals surface area contributed by atoms with Crippen LogP contribution in [0.25, 0.3) is 0 Å². The number of amides is 1. The molecule has 7 nitrogen and oxygen atoms in total. The lowest BCUT2D eigenvalue weighted by Crippen LogP contribution is -2.22. The molecule has 1 amide bonds. The van der Waals surface area contributed by atoms with Crippen molar-refractivity contribution in [3.8, 4) is 5.88 Å². The van der Waals surface area contributed by atoms with Gasteiger partial charge in [-0.15, -0.1) is 0 Å². The van der Waals surface area contributed by atoms with Crippen LogP contribution in [0.4, 0.5) is 11.4 Å². The Balaban J connectivity index is 1.91. The summed E-state index contributed by atoms with van der Waals surface area (Å²) in [5, 5.41) is 13.5. The van der Waals surface area contributed by atoms with Crippen molar-refractivity contribution in [1.29, 1.82) is 0 Å². The highest BCUT2D eigenvalue weighted by Gasteiger charge is 2.23. The van der Waals surface area contributed by atoms with Gasteiger partial charge in [0.15, 0.2) is 0 Å². The minimum atomic E-state index is -1.20. The van der Waals surface area contributed by atoms with Gasteiger partial charge in [-0.05, 0) is 44.9 Å². The van der Waals surface area contributed by atoms with Gasteiger partial charge < -0.3 is 20.9 Å². The number of methoxy groups -OCH3 is 1. The van der Waals surface area contributed by atoms with E-state index in [1.165, 1.54) is 26.4 Å². The molecule has 0 radical (unpaired) electrons. The standard InChI is InChI=1S/C23H30N4O3/c1-23(2,29)17-13-18(24)15(14-25-16-8-5-4-6-9-16)12-20(17)27-22(28)19-10-7-11-21(26-19)30-3/h7,10-14,16,29H,4-6,8-9,24H2,1-3H3,(H,27,28). The smallest absolute Gasteiger partial charge is 0.274 e. The number of carbonyl (C=O) groups is 1. The van der Waals surface area contributed by atoms with Crippen molar-refractivity contribution >= 4 is 23.5 Å². The number of hydrogen-bond donors (Lipinski definition) is 3. The van der Waals surface area contributed by atoms with Crippen LogP contribution >= 0.6 is 0 Å². The molecule has 0 bridgehead atoms. The number of aliphatic imine (C=N–C) groups is 1. The molecule has 1 aromatic heterocycles. The third-order valence-electron chi connectivity index (χ3n) is 5.29. The van der Waals surface area contributed by atoms with Gasteiger partial charge in [-0.2, -0.15) is 0 Å². The number of carbonyl (C=O) groups excluding carboxylic acids is 1. The second kappa shape index (κ2) is 9.26. The molecule has 30 heavy (non-hydrogen) atoms. The van der Waals surface area contributed by atoms with E-state index in [-0.39, 0.29) is 5.69 Å². The van der Waals surface area contributed by atoms with Gasteiger partial charge in [-0.3, -0.25) is 9.79 Å². The number of aromatic nitrogens is 1. The Morgan fingerprint density at radius 2 is 2.03 bits per heavy atom. The molecule has 0 aliphatic heterocycles. The van der Waals surface area contributed by atoms with E-state index in [0.29, 0.717) is 34.4 Å². The number of anilines is 2. The zero-order valence-electron chi connectivity index (χ0n) is 17.8. The zero-order valence-corrected chi connectivity index (χ0v) is 17.8. The van der Waals surface area contributed by atoms with Crippen LogP contribution in [0.15, 0.2) is 35.3 Å². The summed E-state index contributed by atoms with van der Waals surface area (Å²) in [6, 6.07) is 8.73. The molecule has 0 saturated heterocycles. The lowest BCUT2D eigenvalue weighted by Gasteiger charge is -2.23. The molecule has 0 unspecified atom stereocenters. The Hall–Kier alpha value is -2.93. The van der Waals surface area contributed by atoms with Crippen LogP contribution in [0.1, 0.15) is 67.6 Å². The molecule has 3 rings (SSSR count). The molecule has 1 saturated carbocycles. The first-order chi connectivity index (χ1) is 14.3. The molecule has 1 aromatic carbocycles. The third-order valence-corrected chi connectivity index (χ3v) is 5.29. The summed E-state index contributed by atoms with van der Waals surface area (Å²) in [6.45, 7) is 3.30. The molecule has 1 aliphatic rings. The minimum absolute atomic E-state index is 0.213. The van der Waals surface area contributed by atoms with Gasteiger partial charge in [0.05, 0.1) is 12.7 Å². The summed E-state index contributed by atoms with van der Waals surface area (Å²) in [7, 11) is 1.49. The Morgan fingerprint density at radius 1 is 1.30 bits per heavy atom. The second-order valence-electron chi connectivity index (χ2n) is 8.18. The van der Waals surface area contributed by atoms with Crippen molar-refractivity contribution in [2.45, 2.75) is 57.6 Å². The number of pyridine rings is 1. The summed E-state index contributed by atoms with van der Waals surface area (Å²) in [6.07, 6.45) is 7.61. The molecule has 0 spiro atoms. The Bertz CT molecular complexity index is 929. The van der Waals surface area contributed by atoms with E-state index >= 15 is 0 Å². The molecular formula is C23H30N4O3. The topological polar surface area (TPSA) is 110 Å². The maximum absolute atomic E-state index is 12.8. The number of benzene rings is 1. The van der Waals surface area contributed by atoms with E-state index in [1.807, 2.05) is 0 Å². The van der Waals surface area contributed by atoms with Crippen molar-refractivity contribution in [2.75, 3.05) is 18.2 Å². The lowest BCUT2D eigenvalue weighted by molar-refractivity contribution is 0.0793. The first-order valence-corrected chi connectivity index (χ1v) is 10.3. The van der Waals surface area contributed by atoms with Gasteiger partial charge in [0, 0.05) is 40.8 Å². The summed E-state index contributed by atoms with van der Waals surface area (Å²) < 4.78 is 5.09. The Kier molecular flexibility index (Phi) is 6.72. The van der Waals surface area contributed by atoms with E-state index in [2.05, 4.69) is 10.3 Å². The number of ether oxygens (including phenoxy) is 1. The fraction of sp³-hybridized carbons (Fsp3) is 0.435. The number of rotatable bonds is 6. The zero-order chi connectivity index (χ0) is 21.7. The largest absolute Gasteiger partial charge is 0.481 e. The summed E-state index contributed by atoms with van der Waals surface area (Å²) in [5.74, 6) is -0.0534. The van der Waals surface area contributed by atoms with Gasteiger partial charge in [0.25, 0.3) is 5.91 Å². The molecular weight excluding hydrogens is 380 g/mol. The molecule has 160 valence electrons. The van der Waals surface area contributed by atoms with E-state index in [1.54, 1.807) is 50.4 Å². The first-order valence-electron chi connectivity index (χ1n) is 10.3. The quantitative estimate of drug-likeness (QED) is 0.494. The maximum Gasteiger partial charge on any atom is 0.274 e. The van der Waals surface area contributed by atoms with Crippen LogP contribution < -0.4 is 15.8 Å².